The molecule has 2 rings (SSSR count). The van der Waals surface area contributed by atoms with Gasteiger partial charge in [0.15, 0.2) is 0 Å². The second-order valence-electron chi connectivity index (χ2n) is 4.38. The first kappa shape index (κ1) is 14.0. The van der Waals surface area contributed by atoms with Gasteiger partial charge in [0.2, 0.25) is 0 Å². The van der Waals surface area contributed by atoms with E-state index in [1.165, 1.54) is 10.6 Å². The van der Waals surface area contributed by atoms with Gasteiger partial charge in [0.05, 0.1) is 17.9 Å². The number of thioether (sulfide) groups is 1. The summed E-state index contributed by atoms with van der Waals surface area (Å²) in [6.45, 7) is 6.01. The van der Waals surface area contributed by atoms with Crippen molar-refractivity contribution in [2.45, 2.75) is 38.3 Å². The van der Waals surface area contributed by atoms with Crippen molar-refractivity contribution in [1.82, 2.24) is 9.78 Å². The van der Waals surface area contributed by atoms with Crippen molar-refractivity contribution in [2.75, 3.05) is 11.6 Å². The van der Waals surface area contributed by atoms with Gasteiger partial charge in [-0.1, -0.05) is 6.92 Å². The number of aromatic nitrogens is 2. The van der Waals surface area contributed by atoms with E-state index in [0.717, 1.165) is 30.9 Å². The number of hydrogen-bond donors (Lipinski definition) is 1. The summed E-state index contributed by atoms with van der Waals surface area (Å²) in [5.74, 6) is 0. The smallest absolute Gasteiger partial charge is 0.0625 e. The van der Waals surface area contributed by atoms with Gasteiger partial charge in [-0.3, -0.25) is 4.68 Å². The average Bonchev–Trinajstić information content (AvgIpc) is 2.88. The largest absolute Gasteiger partial charge is 0.379 e. The summed E-state index contributed by atoms with van der Waals surface area (Å²) in [5, 5.41) is 8.01. The maximum Gasteiger partial charge on any atom is 0.0625 e. The van der Waals surface area contributed by atoms with Crippen LogP contribution in [0.2, 0.25) is 0 Å². The fourth-order valence-corrected chi connectivity index (χ4v) is 2.41. The van der Waals surface area contributed by atoms with E-state index >= 15 is 0 Å². The molecule has 0 unspecified atom stereocenters. The summed E-state index contributed by atoms with van der Waals surface area (Å²) in [5.41, 5.74) is 3.56. The number of benzene rings is 1. The topological polar surface area (TPSA) is 29.9 Å². The van der Waals surface area contributed by atoms with E-state index in [1.54, 1.807) is 11.8 Å². The predicted octanol–water partition coefficient (Wildman–Crippen LogP) is 3.80. The molecule has 0 fully saturated rings. The Kier molecular flexibility index (Phi) is 4.91. The Morgan fingerprint density at radius 1 is 1.21 bits per heavy atom. The van der Waals surface area contributed by atoms with Gasteiger partial charge in [0, 0.05) is 17.1 Å². The van der Waals surface area contributed by atoms with E-state index in [1.807, 2.05) is 0 Å². The monoisotopic (exact) mass is 275 g/mol. The number of nitrogens with one attached hydrogen (secondary N) is 1. The van der Waals surface area contributed by atoms with E-state index in [0.29, 0.717) is 0 Å². The molecule has 2 aromatic rings. The molecule has 0 radical (unpaired) electrons. The maximum atomic E-state index is 4.56. The molecule has 0 spiro atoms. The van der Waals surface area contributed by atoms with Gasteiger partial charge in [-0.2, -0.15) is 5.10 Å². The number of nitrogens with zero attached hydrogens (tertiary/aromatic N) is 2. The Morgan fingerprint density at radius 3 is 2.53 bits per heavy atom. The van der Waals surface area contributed by atoms with E-state index in [4.69, 9.17) is 0 Å². The Bertz CT molecular complexity index is 517. The third-order valence-electron chi connectivity index (χ3n) is 3.14. The zero-order valence-corrected chi connectivity index (χ0v) is 12.6. The van der Waals surface area contributed by atoms with Crippen LogP contribution in [0, 0.1) is 0 Å². The molecular weight excluding hydrogens is 254 g/mol. The van der Waals surface area contributed by atoms with Crippen molar-refractivity contribution < 1.29 is 0 Å². The summed E-state index contributed by atoms with van der Waals surface area (Å²) >= 11 is 1.76. The van der Waals surface area contributed by atoms with Gasteiger partial charge in [-0.05, 0) is 49.9 Å². The molecule has 0 aliphatic carbocycles. The van der Waals surface area contributed by atoms with E-state index < -0.39 is 0 Å². The van der Waals surface area contributed by atoms with Crippen LogP contribution in [0.3, 0.4) is 0 Å². The molecular formula is C15H21N3S. The molecule has 19 heavy (non-hydrogen) atoms. The van der Waals surface area contributed by atoms with Crippen LogP contribution in [-0.4, -0.2) is 16.0 Å². The number of hydrogen-bond acceptors (Lipinski definition) is 3. The first-order valence-electron chi connectivity index (χ1n) is 6.70. The molecule has 3 nitrogen and oxygen atoms in total. The van der Waals surface area contributed by atoms with Crippen LogP contribution in [0.4, 0.5) is 5.69 Å². The molecule has 102 valence electrons. The highest BCUT2D eigenvalue weighted by Crippen LogP contribution is 2.18. The predicted molar refractivity (Wildman–Crippen MR) is 82.8 cm³/mol. The second-order valence-corrected chi connectivity index (χ2v) is 5.26. The Labute approximate surface area is 119 Å². The van der Waals surface area contributed by atoms with Gasteiger partial charge >= 0.3 is 0 Å². The van der Waals surface area contributed by atoms with Crippen LogP contribution in [0.25, 0.3) is 0 Å². The van der Waals surface area contributed by atoms with Crippen molar-refractivity contribution in [2.24, 2.45) is 0 Å². The molecule has 0 amide bonds. The lowest BCUT2D eigenvalue weighted by atomic mass is 10.3. The molecule has 1 N–H and O–H groups in total. The highest BCUT2D eigenvalue weighted by atomic mass is 32.2. The van der Waals surface area contributed by atoms with Crippen molar-refractivity contribution in [3.8, 4) is 0 Å². The molecule has 0 saturated heterocycles. The first-order chi connectivity index (χ1) is 9.26. The van der Waals surface area contributed by atoms with Crippen LogP contribution < -0.4 is 5.32 Å². The van der Waals surface area contributed by atoms with Gasteiger partial charge in [0.1, 0.15) is 0 Å². The standard InChI is InChI=1S/C15H21N3S/c1-4-12-10-14(18(5-2)17-12)11-16-13-6-8-15(19-3)9-7-13/h6-10,16H,4-5,11H2,1-3H3. The van der Waals surface area contributed by atoms with Gasteiger partial charge in [0.25, 0.3) is 0 Å². The fourth-order valence-electron chi connectivity index (χ4n) is 2.01. The summed E-state index contributed by atoms with van der Waals surface area (Å²) in [7, 11) is 0. The molecule has 1 aromatic heterocycles. The van der Waals surface area contributed by atoms with Crippen molar-refractivity contribution in [1.29, 1.82) is 0 Å². The number of aryl methyl sites for hydroxylation is 2. The Balaban J connectivity index is 2.02. The summed E-state index contributed by atoms with van der Waals surface area (Å²) < 4.78 is 2.07. The fraction of sp³-hybridized carbons (Fsp3) is 0.400. The minimum absolute atomic E-state index is 0.819. The van der Waals surface area contributed by atoms with Crippen LogP contribution >= 0.6 is 11.8 Å². The number of rotatable bonds is 6. The van der Waals surface area contributed by atoms with Gasteiger partial charge < -0.3 is 5.32 Å². The minimum Gasteiger partial charge on any atom is -0.379 e. The van der Waals surface area contributed by atoms with Crippen LogP contribution in [0.5, 0.6) is 0 Å². The lowest BCUT2D eigenvalue weighted by Gasteiger charge is -2.08. The van der Waals surface area contributed by atoms with Crippen LogP contribution in [0.15, 0.2) is 35.2 Å². The van der Waals surface area contributed by atoms with Crippen LogP contribution in [-0.2, 0) is 19.5 Å². The third-order valence-corrected chi connectivity index (χ3v) is 3.88. The van der Waals surface area contributed by atoms with Gasteiger partial charge in [-0.25, -0.2) is 0 Å². The van der Waals surface area contributed by atoms with Gasteiger partial charge in [-0.15, -0.1) is 11.8 Å². The quantitative estimate of drug-likeness (QED) is 0.813. The molecule has 0 atom stereocenters. The highest BCUT2D eigenvalue weighted by molar-refractivity contribution is 7.98. The zero-order valence-electron chi connectivity index (χ0n) is 11.8. The SMILES string of the molecule is CCc1cc(CNc2ccc(SC)cc2)n(CC)n1. The lowest BCUT2D eigenvalue weighted by molar-refractivity contribution is 0.619. The Hall–Kier alpha value is -1.42. The summed E-state index contributed by atoms with van der Waals surface area (Å²) in [6, 6.07) is 10.7. The molecule has 0 saturated carbocycles. The lowest BCUT2D eigenvalue weighted by Crippen LogP contribution is -2.07. The molecule has 0 bridgehead atoms. The highest BCUT2D eigenvalue weighted by Gasteiger charge is 2.05. The normalized spacial score (nSPS) is 10.7. The van der Waals surface area contributed by atoms with E-state index in [9.17, 15) is 0 Å². The zero-order chi connectivity index (χ0) is 13.7. The van der Waals surface area contributed by atoms with E-state index in [-0.39, 0.29) is 0 Å². The molecule has 4 heteroatoms. The van der Waals surface area contributed by atoms with Crippen LogP contribution in [0.1, 0.15) is 25.2 Å². The minimum atomic E-state index is 0.819. The molecule has 1 aromatic carbocycles. The second kappa shape index (κ2) is 6.66. The maximum absolute atomic E-state index is 4.56. The van der Waals surface area contributed by atoms with Crippen molar-refractivity contribution in [3.05, 3.63) is 41.7 Å². The molecule has 1 heterocycles. The number of anilines is 1. The summed E-state index contributed by atoms with van der Waals surface area (Å²) in [4.78, 5) is 1.29. The van der Waals surface area contributed by atoms with E-state index in [2.05, 4.69) is 65.5 Å². The van der Waals surface area contributed by atoms with Crippen molar-refractivity contribution >= 4 is 17.4 Å². The first-order valence-corrected chi connectivity index (χ1v) is 7.92. The average molecular weight is 275 g/mol. The summed E-state index contributed by atoms with van der Waals surface area (Å²) in [6.07, 6.45) is 3.08. The Morgan fingerprint density at radius 2 is 1.95 bits per heavy atom. The third kappa shape index (κ3) is 3.53. The van der Waals surface area contributed by atoms with Crippen molar-refractivity contribution in [3.63, 3.8) is 0 Å². The molecule has 0 aliphatic rings. The molecule has 0 aliphatic heterocycles.